The van der Waals surface area contributed by atoms with Gasteiger partial charge in [-0.15, -0.1) is 0 Å². The number of hydrogen-bond acceptors (Lipinski definition) is 4. The topological polar surface area (TPSA) is 61.0 Å². The van der Waals surface area contributed by atoms with Crippen molar-refractivity contribution in [3.63, 3.8) is 0 Å². The average Bonchev–Trinajstić information content (AvgIpc) is 2.39. The molecule has 4 heteroatoms. The summed E-state index contributed by atoms with van der Waals surface area (Å²) in [4.78, 5) is 8.83. The predicted octanol–water partition coefficient (Wildman–Crippen LogP) is 1.65. The van der Waals surface area contributed by atoms with Gasteiger partial charge in [-0.3, -0.25) is 0 Å². The average molecular weight is 221 g/mol. The molecule has 0 radical (unpaired) electrons. The van der Waals surface area contributed by atoms with E-state index in [1.807, 2.05) is 0 Å². The Balaban J connectivity index is 2.31. The van der Waals surface area contributed by atoms with Crippen LogP contribution in [0.15, 0.2) is 12.3 Å². The SMILES string of the molecule is COc1ccnc(C2(CN)CCCCC2)n1. The Bertz CT molecular complexity index is 348. The maximum atomic E-state index is 5.94. The van der Waals surface area contributed by atoms with Crippen LogP contribution in [-0.2, 0) is 5.41 Å². The van der Waals surface area contributed by atoms with Gasteiger partial charge < -0.3 is 10.5 Å². The Morgan fingerprint density at radius 1 is 1.38 bits per heavy atom. The number of rotatable bonds is 3. The van der Waals surface area contributed by atoms with Gasteiger partial charge in [0.1, 0.15) is 5.82 Å². The fourth-order valence-corrected chi connectivity index (χ4v) is 2.46. The van der Waals surface area contributed by atoms with E-state index in [2.05, 4.69) is 9.97 Å². The number of ether oxygens (including phenoxy) is 1. The Labute approximate surface area is 96.2 Å². The summed E-state index contributed by atoms with van der Waals surface area (Å²) in [6, 6.07) is 1.77. The van der Waals surface area contributed by atoms with Crippen LogP contribution in [-0.4, -0.2) is 23.6 Å². The molecule has 1 saturated carbocycles. The van der Waals surface area contributed by atoms with Crippen LogP contribution in [0.5, 0.6) is 5.88 Å². The van der Waals surface area contributed by atoms with Gasteiger partial charge in [0.15, 0.2) is 0 Å². The summed E-state index contributed by atoms with van der Waals surface area (Å²) in [5, 5.41) is 0. The van der Waals surface area contributed by atoms with Crippen molar-refractivity contribution < 1.29 is 4.74 Å². The lowest BCUT2D eigenvalue weighted by Gasteiger charge is -2.34. The molecule has 0 saturated heterocycles. The first-order valence-corrected chi connectivity index (χ1v) is 5.88. The molecule has 1 aromatic heterocycles. The van der Waals surface area contributed by atoms with Crippen LogP contribution in [0.3, 0.4) is 0 Å². The molecule has 0 bridgehead atoms. The molecule has 88 valence electrons. The van der Waals surface area contributed by atoms with Gasteiger partial charge in [0, 0.05) is 24.2 Å². The summed E-state index contributed by atoms with van der Waals surface area (Å²) in [6.45, 7) is 0.625. The lowest BCUT2D eigenvalue weighted by molar-refractivity contribution is 0.281. The van der Waals surface area contributed by atoms with E-state index in [0.717, 1.165) is 18.7 Å². The fraction of sp³-hybridized carbons (Fsp3) is 0.667. The predicted molar refractivity (Wildman–Crippen MR) is 62.4 cm³/mol. The largest absolute Gasteiger partial charge is 0.481 e. The number of nitrogens with two attached hydrogens (primary N) is 1. The first-order chi connectivity index (χ1) is 7.80. The molecule has 0 aromatic carbocycles. The van der Waals surface area contributed by atoms with Gasteiger partial charge in [0.25, 0.3) is 0 Å². The minimum atomic E-state index is -0.0210. The van der Waals surface area contributed by atoms with E-state index < -0.39 is 0 Å². The van der Waals surface area contributed by atoms with Gasteiger partial charge >= 0.3 is 0 Å². The molecular formula is C12H19N3O. The highest BCUT2D eigenvalue weighted by Crippen LogP contribution is 2.37. The first kappa shape index (κ1) is 11.3. The van der Waals surface area contributed by atoms with E-state index in [4.69, 9.17) is 10.5 Å². The van der Waals surface area contributed by atoms with E-state index in [-0.39, 0.29) is 5.41 Å². The van der Waals surface area contributed by atoms with Crippen LogP contribution in [0.1, 0.15) is 37.9 Å². The van der Waals surface area contributed by atoms with Crippen molar-refractivity contribution in [1.29, 1.82) is 0 Å². The third-order valence-corrected chi connectivity index (χ3v) is 3.51. The Morgan fingerprint density at radius 2 is 2.12 bits per heavy atom. The molecule has 1 fully saturated rings. The lowest BCUT2D eigenvalue weighted by Crippen LogP contribution is -2.38. The second-order valence-corrected chi connectivity index (χ2v) is 4.47. The van der Waals surface area contributed by atoms with Crippen molar-refractivity contribution in [2.24, 2.45) is 5.73 Å². The first-order valence-electron chi connectivity index (χ1n) is 5.88. The third-order valence-electron chi connectivity index (χ3n) is 3.51. The zero-order chi connectivity index (χ0) is 11.4. The van der Waals surface area contributed by atoms with E-state index in [1.165, 1.54) is 19.3 Å². The molecule has 2 N–H and O–H groups in total. The van der Waals surface area contributed by atoms with Crippen LogP contribution in [0.2, 0.25) is 0 Å². The molecule has 0 amide bonds. The van der Waals surface area contributed by atoms with Crippen LogP contribution < -0.4 is 10.5 Å². The second-order valence-electron chi connectivity index (χ2n) is 4.47. The molecular weight excluding hydrogens is 202 g/mol. The minimum absolute atomic E-state index is 0.0210. The standard InChI is InChI=1S/C12H19N3O/c1-16-10-5-8-14-11(15-10)12(9-13)6-3-2-4-7-12/h5,8H,2-4,6-7,9,13H2,1H3. The summed E-state index contributed by atoms with van der Waals surface area (Å²) in [6.07, 6.45) is 7.68. The monoisotopic (exact) mass is 221 g/mol. The number of nitrogens with zero attached hydrogens (tertiary/aromatic N) is 2. The third kappa shape index (κ3) is 2.02. The van der Waals surface area contributed by atoms with Gasteiger partial charge in [-0.1, -0.05) is 19.3 Å². The van der Waals surface area contributed by atoms with Gasteiger partial charge in [-0.25, -0.2) is 4.98 Å². The van der Waals surface area contributed by atoms with E-state index in [1.54, 1.807) is 19.4 Å². The molecule has 1 aliphatic rings. The lowest BCUT2D eigenvalue weighted by atomic mass is 9.73. The summed E-state index contributed by atoms with van der Waals surface area (Å²) in [5.74, 6) is 1.48. The van der Waals surface area contributed by atoms with Crippen molar-refractivity contribution in [3.8, 4) is 5.88 Å². The summed E-state index contributed by atoms with van der Waals surface area (Å²) in [7, 11) is 1.63. The highest BCUT2D eigenvalue weighted by atomic mass is 16.5. The van der Waals surface area contributed by atoms with Crippen molar-refractivity contribution in [3.05, 3.63) is 18.1 Å². The fourth-order valence-electron chi connectivity index (χ4n) is 2.46. The molecule has 0 spiro atoms. The van der Waals surface area contributed by atoms with Gasteiger partial charge in [-0.05, 0) is 12.8 Å². The Hall–Kier alpha value is -1.16. The second kappa shape index (κ2) is 4.78. The smallest absolute Gasteiger partial charge is 0.216 e. The molecule has 2 rings (SSSR count). The summed E-state index contributed by atoms with van der Waals surface area (Å²) in [5.41, 5.74) is 5.92. The van der Waals surface area contributed by atoms with Crippen molar-refractivity contribution in [1.82, 2.24) is 9.97 Å². The molecule has 0 unspecified atom stereocenters. The number of aromatic nitrogens is 2. The maximum Gasteiger partial charge on any atom is 0.216 e. The summed E-state index contributed by atoms with van der Waals surface area (Å²) >= 11 is 0. The van der Waals surface area contributed by atoms with Crippen molar-refractivity contribution in [2.45, 2.75) is 37.5 Å². The van der Waals surface area contributed by atoms with E-state index in [9.17, 15) is 0 Å². The van der Waals surface area contributed by atoms with Gasteiger partial charge in [0.2, 0.25) is 5.88 Å². The van der Waals surface area contributed by atoms with Crippen LogP contribution in [0.4, 0.5) is 0 Å². The Morgan fingerprint density at radius 3 is 2.75 bits per heavy atom. The zero-order valence-corrected chi connectivity index (χ0v) is 9.78. The molecule has 1 aromatic rings. The summed E-state index contributed by atoms with van der Waals surface area (Å²) < 4.78 is 5.14. The van der Waals surface area contributed by atoms with Crippen molar-refractivity contribution in [2.75, 3.05) is 13.7 Å². The molecule has 0 atom stereocenters. The van der Waals surface area contributed by atoms with E-state index >= 15 is 0 Å². The molecule has 16 heavy (non-hydrogen) atoms. The van der Waals surface area contributed by atoms with Crippen LogP contribution in [0.25, 0.3) is 0 Å². The molecule has 1 heterocycles. The highest BCUT2D eigenvalue weighted by Gasteiger charge is 2.35. The minimum Gasteiger partial charge on any atom is -0.481 e. The zero-order valence-electron chi connectivity index (χ0n) is 9.78. The van der Waals surface area contributed by atoms with Gasteiger partial charge in [-0.2, -0.15) is 4.98 Å². The molecule has 4 nitrogen and oxygen atoms in total. The normalized spacial score (nSPS) is 19.4. The highest BCUT2D eigenvalue weighted by molar-refractivity contribution is 5.16. The molecule has 0 aliphatic heterocycles. The van der Waals surface area contributed by atoms with Crippen LogP contribution >= 0.6 is 0 Å². The number of methoxy groups -OCH3 is 1. The Kier molecular flexibility index (Phi) is 3.39. The quantitative estimate of drug-likeness (QED) is 0.843. The van der Waals surface area contributed by atoms with Gasteiger partial charge in [0.05, 0.1) is 7.11 Å². The number of hydrogen-bond donors (Lipinski definition) is 1. The van der Waals surface area contributed by atoms with E-state index in [0.29, 0.717) is 12.4 Å². The van der Waals surface area contributed by atoms with Crippen molar-refractivity contribution >= 4 is 0 Å². The van der Waals surface area contributed by atoms with Crippen LogP contribution in [0, 0.1) is 0 Å². The maximum absolute atomic E-state index is 5.94. The molecule has 1 aliphatic carbocycles.